The lowest BCUT2D eigenvalue weighted by atomic mass is 10.1. The Hall–Kier alpha value is -0.870. The molecule has 16 heavy (non-hydrogen) atoms. The summed E-state index contributed by atoms with van der Waals surface area (Å²) in [7, 11) is 0. The number of hydrogen-bond donors (Lipinski definition) is 1. The molecular formula is C11H17ClN4. The predicted molar refractivity (Wildman–Crippen MR) is 65.7 cm³/mol. The Labute approximate surface area is 101 Å². The fourth-order valence-electron chi connectivity index (χ4n) is 1.93. The van der Waals surface area contributed by atoms with Crippen molar-refractivity contribution in [3.63, 3.8) is 0 Å². The third-order valence-corrected chi connectivity index (χ3v) is 2.93. The molecule has 0 saturated carbocycles. The van der Waals surface area contributed by atoms with E-state index in [1.807, 2.05) is 13.0 Å². The first-order chi connectivity index (χ1) is 7.74. The topological polar surface area (TPSA) is 41.0 Å². The molecule has 0 aromatic carbocycles. The maximum atomic E-state index is 5.80. The van der Waals surface area contributed by atoms with Crippen molar-refractivity contribution >= 4 is 17.4 Å². The number of aromatic nitrogens is 2. The lowest BCUT2D eigenvalue weighted by Gasteiger charge is -2.26. The van der Waals surface area contributed by atoms with Crippen LogP contribution in [-0.2, 0) is 0 Å². The lowest BCUT2D eigenvalue weighted by Crippen LogP contribution is -2.34. The molecule has 2 heterocycles. The first kappa shape index (κ1) is 11.6. The van der Waals surface area contributed by atoms with Crippen LogP contribution in [0.4, 0.5) is 5.82 Å². The Kier molecular flexibility index (Phi) is 3.96. The molecule has 0 radical (unpaired) electrons. The highest BCUT2D eigenvalue weighted by Gasteiger charge is 2.09. The molecule has 4 nitrogen and oxygen atoms in total. The molecule has 1 aromatic rings. The number of nitrogens with zero attached hydrogens (tertiary/aromatic N) is 3. The van der Waals surface area contributed by atoms with Gasteiger partial charge in [-0.1, -0.05) is 6.42 Å². The van der Waals surface area contributed by atoms with Crippen molar-refractivity contribution in [3.8, 4) is 0 Å². The number of halogens is 1. The summed E-state index contributed by atoms with van der Waals surface area (Å²) in [4.78, 5) is 10.6. The largest absolute Gasteiger partial charge is 0.357 e. The molecule has 2 rings (SSSR count). The van der Waals surface area contributed by atoms with Gasteiger partial charge in [-0.2, -0.15) is 0 Å². The third-order valence-electron chi connectivity index (χ3n) is 2.76. The van der Waals surface area contributed by atoms with E-state index in [1.54, 1.807) is 0 Å². The molecule has 1 aromatic heterocycles. The minimum atomic E-state index is 0.307. The molecule has 0 atom stereocenters. The van der Waals surface area contributed by atoms with Crippen LogP contribution >= 0.6 is 11.6 Å². The van der Waals surface area contributed by atoms with E-state index in [9.17, 15) is 0 Å². The van der Waals surface area contributed by atoms with Gasteiger partial charge in [-0.3, -0.25) is 4.90 Å². The molecular weight excluding hydrogens is 224 g/mol. The maximum Gasteiger partial charge on any atom is 0.224 e. The van der Waals surface area contributed by atoms with E-state index in [1.165, 1.54) is 32.4 Å². The first-order valence-corrected chi connectivity index (χ1v) is 6.09. The fourth-order valence-corrected chi connectivity index (χ4v) is 2.16. The van der Waals surface area contributed by atoms with Gasteiger partial charge in [-0.05, 0) is 44.5 Å². The summed E-state index contributed by atoms with van der Waals surface area (Å²) in [6, 6.07) is 1.91. The fraction of sp³-hybridized carbons (Fsp3) is 0.636. The second kappa shape index (κ2) is 5.46. The SMILES string of the molecule is Cc1cc(NCN2CCCCC2)nc(Cl)n1. The molecule has 88 valence electrons. The summed E-state index contributed by atoms with van der Waals surface area (Å²) in [6.07, 6.45) is 3.95. The molecule has 5 heteroatoms. The Morgan fingerprint density at radius 1 is 1.31 bits per heavy atom. The summed E-state index contributed by atoms with van der Waals surface area (Å²) in [5.41, 5.74) is 0.890. The van der Waals surface area contributed by atoms with E-state index in [0.29, 0.717) is 5.28 Å². The van der Waals surface area contributed by atoms with E-state index in [2.05, 4.69) is 20.2 Å². The van der Waals surface area contributed by atoms with Crippen molar-refractivity contribution in [2.24, 2.45) is 0 Å². The maximum absolute atomic E-state index is 5.80. The summed E-state index contributed by atoms with van der Waals surface area (Å²) in [6.45, 7) is 5.10. The number of piperidine rings is 1. The summed E-state index contributed by atoms with van der Waals surface area (Å²) in [5, 5.41) is 3.59. The molecule has 0 spiro atoms. The van der Waals surface area contributed by atoms with Crippen LogP contribution in [0.5, 0.6) is 0 Å². The van der Waals surface area contributed by atoms with Crippen LogP contribution in [0.2, 0.25) is 5.28 Å². The van der Waals surface area contributed by atoms with Crippen LogP contribution in [0.15, 0.2) is 6.07 Å². The smallest absolute Gasteiger partial charge is 0.224 e. The number of rotatable bonds is 3. The highest BCUT2D eigenvalue weighted by Crippen LogP contribution is 2.11. The van der Waals surface area contributed by atoms with Crippen molar-refractivity contribution in [1.82, 2.24) is 14.9 Å². The molecule has 1 aliphatic heterocycles. The van der Waals surface area contributed by atoms with Crippen molar-refractivity contribution in [2.45, 2.75) is 26.2 Å². The average Bonchev–Trinajstić information content (AvgIpc) is 2.27. The van der Waals surface area contributed by atoms with Gasteiger partial charge in [0.15, 0.2) is 0 Å². The van der Waals surface area contributed by atoms with Crippen LogP contribution < -0.4 is 5.32 Å². The van der Waals surface area contributed by atoms with Gasteiger partial charge in [0, 0.05) is 11.8 Å². The Bertz CT molecular complexity index is 330. The van der Waals surface area contributed by atoms with E-state index < -0.39 is 0 Å². The standard InChI is InChI=1S/C11H17ClN4/c1-9-7-10(15-11(12)14-9)13-8-16-5-3-2-4-6-16/h7H,2-6,8H2,1H3,(H,13,14,15). The van der Waals surface area contributed by atoms with E-state index in [-0.39, 0.29) is 0 Å². The molecule has 0 unspecified atom stereocenters. The summed E-state index contributed by atoms with van der Waals surface area (Å²) in [5.74, 6) is 0.808. The van der Waals surface area contributed by atoms with E-state index in [4.69, 9.17) is 11.6 Å². The normalized spacial score (nSPS) is 17.4. The molecule has 0 amide bonds. The van der Waals surface area contributed by atoms with Gasteiger partial charge in [0.05, 0.1) is 6.67 Å². The van der Waals surface area contributed by atoms with E-state index >= 15 is 0 Å². The van der Waals surface area contributed by atoms with Crippen LogP contribution in [0.3, 0.4) is 0 Å². The van der Waals surface area contributed by atoms with E-state index in [0.717, 1.165) is 18.2 Å². The average molecular weight is 241 g/mol. The first-order valence-electron chi connectivity index (χ1n) is 5.71. The Morgan fingerprint density at radius 3 is 2.75 bits per heavy atom. The minimum Gasteiger partial charge on any atom is -0.357 e. The van der Waals surface area contributed by atoms with Gasteiger partial charge in [0.25, 0.3) is 0 Å². The van der Waals surface area contributed by atoms with Crippen molar-refractivity contribution in [1.29, 1.82) is 0 Å². The van der Waals surface area contributed by atoms with Crippen molar-refractivity contribution in [2.75, 3.05) is 25.1 Å². The monoisotopic (exact) mass is 240 g/mol. The number of likely N-dealkylation sites (tertiary alicyclic amines) is 1. The van der Waals surface area contributed by atoms with Crippen LogP contribution in [0.1, 0.15) is 25.0 Å². The van der Waals surface area contributed by atoms with Gasteiger partial charge in [-0.25, -0.2) is 9.97 Å². The molecule has 1 N–H and O–H groups in total. The Morgan fingerprint density at radius 2 is 2.06 bits per heavy atom. The van der Waals surface area contributed by atoms with Gasteiger partial charge >= 0.3 is 0 Å². The van der Waals surface area contributed by atoms with Crippen LogP contribution in [0, 0.1) is 6.92 Å². The van der Waals surface area contributed by atoms with Crippen molar-refractivity contribution in [3.05, 3.63) is 17.0 Å². The zero-order valence-electron chi connectivity index (χ0n) is 9.54. The molecule has 1 fully saturated rings. The van der Waals surface area contributed by atoms with Gasteiger partial charge in [-0.15, -0.1) is 0 Å². The number of nitrogens with one attached hydrogen (secondary N) is 1. The minimum absolute atomic E-state index is 0.307. The quantitative estimate of drug-likeness (QED) is 0.824. The second-order valence-corrected chi connectivity index (χ2v) is 4.52. The molecule has 0 aliphatic carbocycles. The molecule has 0 bridgehead atoms. The van der Waals surface area contributed by atoms with Gasteiger partial charge < -0.3 is 5.32 Å². The lowest BCUT2D eigenvalue weighted by molar-refractivity contribution is 0.243. The van der Waals surface area contributed by atoms with Crippen LogP contribution in [-0.4, -0.2) is 34.6 Å². The van der Waals surface area contributed by atoms with Crippen LogP contribution in [0.25, 0.3) is 0 Å². The zero-order chi connectivity index (χ0) is 11.4. The van der Waals surface area contributed by atoms with Gasteiger partial charge in [0.1, 0.15) is 5.82 Å². The highest BCUT2D eigenvalue weighted by molar-refractivity contribution is 6.28. The predicted octanol–water partition coefficient (Wildman–Crippen LogP) is 2.29. The third kappa shape index (κ3) is 3.32. The highest BCUT2D eigenvalue weighted by atomic mass is 35.5. The second-order valence-electron chi connectivity index (χ2n) is 4.18. The summed E-state index contributed by atoms with van der Waals surface area (Å²) < 4.78 is 0. The summed E-state index contributed by atoms with van der Waals surface area (Å²) >= 11 is 5.80. The number of anilines is 1. The number of hydrogen-bond acceptors (Lipinski definition) is 4. The zero-order valence-corrected chi connectivity index (χ0v) is 10.3. The van der Waals surface area contributed by atoms with Crippen molar-refractivity contribution < 1.29 is 0 Å². The van der Waals surface area contributed by atoms with Gasteiger partial charge in [0.2, 0.25) is 5.28 Å². The number of aryl methyl sites for hydroxylation is 1. The molecule has 1 saturated heterocycles. The molecule has 1 aliphatic rings. The Balaban J connectivity index is 1.88.